The van der Waals surface area contributed by atoms with Gasteiger partial charge in [0, 0.05) is 30.2 Å². The normalized spacial score (nSPS) is 13.9. The molecule has 3 heterocycles. The highest BCUT2D eigenvalue weighted by Gasteiger charge is 2.31. The summed E-state index contributed by atoms with van der Waals surface area (Å²) < 4.78 is 27.9. The molecule has 33 heavy (non-hydrogen) atoms. The van der Waals surface area contributed by atoms with E-state index in [0.717, 1.165) is 27.7 Å². The molecule has 0 fully saturated rings. The van der Waals surface area contributed by atoms with E-state index in [0.29, 0.717) is 24.3 Å². The maximum absolute atomic E-state index is 13.2. The van der Waals surface area contributed by atoms with Crippen LogP contribution >= 0.6 is 11.6 Å². The molecule has 2 aromatic heterocycles. The van der Waals surface area contributed by atoms with E-state index in [-0.39, 0.29) is 16.5 Å². The lowest BCUT2D eigenvalue weighted by atomic mass is 10.0. The minimum Gasteiger partial charge on any atom is -0.339 e. The second-order valence-corrected chi connectivity index (χ2v) is 10.00. The van der Waals surface area contributed by atoms with Crippen LogP contribution < -0.4 is 5.32 Å². The number of nitriles is 1. The number of rotatable bonds is 4. The fourth-order valence-corrected chi connectivity index (χ4v) is 5.91. The second-order valence-electron chi connectivity index (χ2n) is 7.68. The van der Waals surface area contributed by atoms with Crippen LogP contribution in [0, 0.1) is 11.3 Å². The van der Waals surface area contributed by atoms with Gasteiger partial charge in [0.1, 0.15) is 10.7 Å². The Balaban J connectivity index is 1.42. The zero-order valence-electron chi connectivity index (χ0n) is 17.4. The average molecular weight is 476 g/mol. The van der Waals surface area contributed by atoms with E-state index < -0.39 is 10.0 Å². The highest BCUT2D eigenvalue weighted by molar-refractivity contribution is 7.89. The van der Waals surface area contributed by atoms with E-state index >= 15 is 0 Å². The minimum absolute atomic E-state index is 0.00117. The molecule has 2 aromatic carbocycles. The second kappa shape index (κ2) is 8.45. The molecule has 5 rings (SSSR count). The number of sulfonamides is 1. The molecule has 0 aliphatic carbocycles. The number of hydrogen-bond acceptors (Lipinski definition) is 6. The van der Waals surface area contributed by atoms with Crippen LogP contribution in [0.25, 0.3) is 10.9 Å². The number of pyridine rings is 2. The Morgan fingerprint density at radius 3 is 2.76 bits per heavy atom. The van der Waals surface area contributed by atoms with Gasteiger partial charge in [0.05, 0.1) is 34.1 Å². The van der Waals surface area contributed by atoms with Gasteiger partial charge in [0.25, 0.3) is 0 Å². The summed E-state index contributed by atoms with van der Waals surface area (Å²) in [5.41, 5.74) is 3.89. The van der Waals surface area contributed by atoms with Crippen LogP contribution in [0.2, 0.25) is 5.02 Å². The van der Waals surface area contributed by atoms with Crippen molar-refractivity contribution < 1.29 is 8.42 Å². The lowest BCUT2D eigenvalue weighted by Crippen LogP contribution is -2.36. The first-order valence-corrected chi connectivity index (χ1v) is 12.1. The van der Waals surface area contributed by atoms with Gasteiger partial charge in [-0.15, -0.1) is 0 Å². The van der Waals surface area contributed by atoms with Crippen molar-refractivity contribution in [1.82, 2.24) is 14.3 Å². The third kappa shape index (κ3) is 4.02. The molecule has 0 radical (unpaired) electrons. The number of para-hydroxylation sites is 1. The molecule has 1 aliphatic heterocycles. The van der Waals surface area contributed by atoms with Crippen molar-refractivity contribution in [2.75, 3.05) is 11.9 Å². The van der Waals surface area contributed by atoms with E-state index in [1.165, 1.54) is 22.5 Å². The number of hydrogen-bond donors (Lipinski definition) is 1. The average Bonchev–Trinajstić information content (AvgIpc) is 2.83. The summed E-state index contributed by atoms with van der Waals surface area (Å²) in [7, 11) is -3.82. The van der Waals surface area contributed by atoms with Crippen molar-refractivity contribution >= 4 is 44.0 Å². The monoisotopic (exact) mass is 475 g/mol. The molecule has 1 aliphatic rings. The summed E-state index contributed by atoms with van der Waals surface area (Å²) in [5, 5.41) is 13.4. The first-order chi connectivity index (χ1) is 16.0. The van der Waals surface area contributed by atoms with Crippen LogP contribution in [-0.4, -0.2) is 29.2 Å². The van der Waals surface area contributed by atoms with Crippen molar-refractivity contribution in [2.24, 2.45) is 0 Å². The maximum atomic E-state index is 13.2. The molecule has 4 aromatic rings. The molecule has 1 N–H and O–H groups in total. The van der Waals surface area contributed by atoms with Crippen LogP contribution in [0.15, 0.2) is 71.9 Å². The topological polar surface area (TPSA) is 99.0 Å². The first kappa shape index (κ1) is 21.3. The number of anilines is 2. The number of nitrogens with one attached hydrogen (secondary N) is 1. The summed E-state index contributed by atoms with van der Waals surface area (Å²) in [6.07, 6.45) is 3.93. The van der Waals surface area contributed by atoms with Crippen molar-refractivity contribution in [3.8, 4) is 6.07 Å². The number of benzene rings is 2. The van der Waals surface area contributed by atoms with Crippen molar-refractivity contribution in [3.63, 3.8) is 0 Å². The molecule has 7 nitrogen and oxygen atoms in total. The Kier molecular flexibility index (Phi) is 5.46. The largest absolute Gasteiger partial charge is 0.339 e. The quantitative estimate of drug-likeness (QED) is 0.461. The van der Waals surface area contributed by atoms with E-state index in [1.807, 2.05) is 42.5 Å². The van der Waals surface area contributed by atoms with Gasteiger partial charge >= 0.3 is 0 Å². The molecule has 0 saturated heterocycles. The lowest BCUT2D eigenvalue weighted by Gasteiger charge is -2.29. The molecule has 0 unspecified atom stereocenters. The Labute approximate surface area is 196 Å². The van der Waals surface area contributed by atoms with Crippen molar-refractivity contribution in [2.45, 2.75) is 17.9 Å². The highest BCUT2D eigenvalue weighted by Crippen LogP contribution is 2.32. The Hall–Kier alpha value is -3.51. The fraction of sp³-hybridized carbons (Fsp3) is 0.125. The molecule has 0 amide bonds. The summed E-state index contributed by atoms with van der Waals surface area (Å²) in [4.78, 5) is 8.97. The van der Waals surface area contributed by atoms with Gasteiger partial charge in [-0.1, -0.05) is 29.8 Å². The van der Waals surface area contributed by atoms with Crippen LogP contribution in [0.4, 0.5) is 11.5 Å². The molecule has 0 atom stereocenters. The van der Waals surface area contributed by atoms with E-state index in [4.69, 9.17) is 16.9 Å². The Morgan fingerprint density at radius 2 is 1.94 bits per heavy atom. The Morgan fingerprint density at radius 1 is 1.09 bits per heavy atom. The number of halogens is 1. The zero-order valence-corrected chi connectivity index (χ0v) is 18.9. The van der Waals surface area contributed by atoms with Gasteiger partial charge in [0.15, 0.2) is 0 Å². The van der Waals surface area contributed by atoms with Crippen LogP contribution in [0.5, 0.6) is 0 Å². The molecule has 0 bridgehead atoms. The summed E-state index contributed by atoms with van der Waals surface area (Å²) in [5.74, 6) is 0.693. The lowest BCUT2D eigenvalue weighted by molar-refractivity contribution is 0.391. The first-order valence-electron chi connectivity index (χ1n) is 10.2. The molecular formula is C24H18ClN5O2S. The molecule has 164 valence electrons. The molecule has 9 heteroatoms. The highest BCUT2D eigenvalue weighted by atomic mass is 35.5. The van der Waals surface area contributed by atoms with Crippen LogP contribution in [0.1, 0.15) is 16.7 Å². The molecule has 0 spiro atoms. The van der Waals surface area contributed by atoms with Gasteiger partial charge in [-0.25, -0.2) is 13.4 Å². The fourth-order valence-electron chi connectivity index (χ4n) is 3.97. The summed E-state index contributed by atoms with van der Waals surface area (Å²) in [6.45, 7) is 0.503. The Bertz CT molecular complexity index is 1530. The maximum Gasteiger partial charge on any atom is 0.244 e. The number of nitrogens with zero attached hydrogens (tertiary/aromatic N) is 4. The molecular weight excluding hydrogens is 458 g/mol. The number of aromatic nitrogens is 2. The van der Waals surface area contributed by atoms with E-state index in [2.05, 4.69) is 15.3 Å². The van der Waals surface area contributed by atoms with Crippen LogP contribution in [-0.2, 0) is 23.0 Å². The van der Waals surface area contributed by atoms with Crippen LogP contribution in [0.3, 0.4) is 0 Å². The standard InChI is InChI=1S/C24H18ClN5O2S/c25-21-11-16(13-26)5-6-23(21)33(31,32)30-10-8-20-18(15-30)7-9-27-24(20)29-19-12-17-3-1-2-4-22(17)28-14-19/h1-7,9,11-12,14H,8,10,15H2,(H,27,29). The van der Waals surface area contributed by atoms with Gasteiger partial charge in [-0.2, -0.15) is 9.57 Å². The van der Waals surface area contributed by atoms with Crippen molar-refractivity contribution in [3.05, 3.63) is 88.7 Å². The SMILES string of the molecule is N#Cc1ccc(S(=O)(=O)N2CCc3c(ccnc3Nc3cnc4ccccc4c3)C2)c(Cl)c1. The predicted octanol–water partition coefficient (Wildman–Crippen LogP) is 4.65. The van der Waals surface area contributed by atoms with E-state index in [9.17, 15) is 8.42 Å². The third-order valence-corrected chi connectivity index (χ3v) is 7.97. The zero-order chi connectivity index (χ0) is 23.0. The van der Waals surface area contributed by atoms with Gasteiger partial charge < -0.3 is 5.32 Å². The van der Waals surface area contributed by atoms with Crippen molar-refractivity contribution in [1.29, 1.82) is 5.26 Å². The molecule has 0 saturated carbocycles. The summed E-state index contributed by atoms with van der Waals surface area (Å²) >= 11 is 6.19. The van der Waals surface area contributed by atoms with E-state index in [1.54, 1.807) is 12.4 Å². The third-order valence-electron chi connectivity index (χ3n) is 5.64. The predicted molar refractivity (Wildman–Crippen MR) is 127 cm³/mol. The minimum atomic E-state index is -3.82. The van der Waals surface area contributed by atoms with Gasteiger partial charge in [-0.3, -0.25) is 4.98 Å². The number of fused-ring (bicyclic) bond motifs is 2. The van der Waals surface area contributed by atoms with Gasteiger partial charge in [0.2, 0.25) is 10.0 Å². The smallest absolute Gasteiger partial charge is 0.244 e. The van der Waals surface area contributed by atoms with Gasteiger partial charge in [-0.05, 0) is 48.4 Å². The summed E-state index contributed by atoms with van der Waals surface area (Å²) in [6, 6.07) is 17.9.